The zero-order chi connectivity index (χ0) is 34.6. The molecule has 0 amide bonds. The Morgan fingerprint density at radius 3 is 1.83 bits per heavy atom. The van der Waals surface area contributed by atoms with Crippen LogP contribution in [0.15, 0.2) is 174 Å². The van der Waals surface area contributed by atoms with Crippen LogP contribution in [0.1, 0.15) is 0 Å². The summed E-state index contributed by atoms with van der Waals surface area (Å²) < 4.78 is 6.39. The number of rotatable bonds is 5. The molecule has 5 nitrogen and oxygen atoms in total. The van der Waals surface area contributed by atoms with E-state index in [1.807, 2.05) is 103 Å². The lowest BCUT2D eigenvalue weighted by Crippen LogP contribution is -2.01. The number of aromatic hydroxyl groups is 1. The Morgan fingerprint density at radius 2 is 1.00 bits per heavy atom. The molecule has 0 aliphatic heterocycles. The van der Waals surface area contributed by atoms with E-state index in [1.165, 1.54) is 16.2 Å². The summed E-state index contributed by atoms with van der Waals surface area (Å²) in [4.78, 5) is 15.2. The van der Waals surface area contributed by atoms with E-state index in [9.17, 15) is 5.11 Å². The predicted octanol–water partition coefficient (Wildman–Crippen LogP) is 12.1. The van der Waals surface area contributed by atoms with Crippen molar-refractivity contribution >= 4 is 43.5 Å². The van der Waals surface area contributed by atoms with E-state index in [0.29, 0.717) is 34.2 Å². The minimum absolute atomic E-state index is 0.123. The second-order valence-electron chi connectivity index (χ2n) is 12.9. The maximum atomic E-state index is 12.3. The van der Waals surface area contributed by atoms with E-state index >= 15 is 0 Å². The van der Waals surface area contributed by atoms with Gasteiger partial charge in [0.2, 0.25) is 0 Å². The molecule has 0 fully saturated rings. The van der Waals surface area contributed by atoms with E-state index in [1.54, 1.807) is 0 Å². The van der Waals surface area contributed by atoms with Crippen LogP contribution in [-0.4, -0.2) is 20.1 Å². The third kappa shape index (κ3) is 4.90. The summed E-state index contributed by atoms with van der Waals surface area (Å²) in [6.07, 6.45) is 0. The highest BCUT2D eigenvalue weighted by Crippen LogP contribution is 2.46. The number of hydrogen-bond acceptors (Lipinski definition) is 5. The molecule has 0 atom stereocenters. The highest BCUT2D eigenvalue weighted by Gasteiger charge is 2.23. The fourth-order valence-electron chi connectivity index (χ4n) is 7.35. The zero-order valence-corrected chi connectivity index (χ0v) is 27.9. The first-order valence-electron chi connectivity index (χ1n) is 17.3. The van der Waals surface area contributed by atoms with Gasteiger partial charge in [-0.2, -0.15) is 0 Å². The summed E-state index contributed by atoms with van der Waals surface area (Å²) in [7, 11) is 0. The number of para-hydroxylation sites is 2. The molecule has 2 heterocycles. The number of aromatic nitrogens is 3. The summed E-state index contributed by atoms with van der Waals surface area (Å²) in [6.45, 7) is 0. The van der Waals surface area contributed by atoms with Crippen molar-refractivity contribution < 1.29 is 9.52 Å². The standard InChI is InChI=1S/C47H29N3O2/c51-43-37(39-20-11-19-38-36-18-9-10-21-41(36)52-44(38)39)26-27-40(42(43)30-13-3-1-4-14-30)47-49-45(31-15-5-2-6-16-31)48-46(50-47)33-24-25-35-32(28-33)23-22-29-12-7-8-17-34(29)35/h1-28,51H. The number of phenols is 1. The van der Waals surface area contributed by atoms with Crippen LogP contribution < -0.4 is 0 Å². The van der Waals surface area contributed by atoms with Gasteiger partial charge >= 0.3 is 0 Å². The summed E-state index contributed by atoms with van der Waals surface area (Å²) in [6, 6.07) is 56.9. The molecule has 0 saturated carbocycles. The second-order valence-corrected chi connectivity index (χ2v) is 12.9. The Labute approximate surface area is 299 Å². The van der Waals surface area contributed by atoms with Gasteiger partial charge in [-0.15, -0.1) is 0 Å². The van der Waals surface area contributed by atoms with Gasteiger partial charge in [0.1, 0.15) is 16.9 Å². The summed E-state index contributed by atoms with van der Waals surface area (Å²) in [5.74, 6) is 1.69. The van der Waals surface area contributed by atoms with Crippen molar-refractivity contribution in [3.8, 4) is 62.2 Å². The number of nitrogens with zero attached hydrogens (tertiary/aromatic N) is 3. The van der Waals surface area contributed by atoms with E-state index in [-0.39, 0.29) is 5.75 Å². The van der Waals surface area contributed by atoms with Gasteiger partial charge in [0.15, 0.2) is 17.5 Å². The molecule has 0 saturated heterocycles. The largest absolute Gasteiger partial charge is 0.507 e. The van der Waals surface area contributed by atoms with Crippen molar-refractivity contribution in [3.63, 3.8) is 0 Å². The number of hydrogen-bond donors (Lipinski definition) is 1. The maximum absolute atomic E-state index is 12.3. The van der Waals surface area contributed by atoms with Crippen molar-refractivity contribution in [2.75, 3.05) is 0 Å². The van der Waals surface area contributed by atoms with Crippen LogP contribution in [-0.2, 0) is 0 Å². The molecule has 52 heavy (non-hydrogen) atoms. The monoisotopic (exact) mass is 667 g/mol. The molecule has 8 aromatic carbocycles. The molecule has 0 aliphatic rings. The van der Waals surface area contributed by atoms with Gasteiger partial charge in [-0.05, 0) is 51.4 Å². The fraction of sp³-hybridized carbons (Fsp3) is 0. The minimum Gasteiger partial charge on any atom is -0.507 e. The molecular formula is C47H29N3O2. The van der Waals surface area contributed by atoms with Crippen LogP contribution in [0.2, 0.25) is 0 Å². The third-order valence-corrected chi connectivity index (χ3v) is 9.85. The van der Waals surface area contributed by atoms with Crippen molar-refractivity contribution in [2.45, 2.75) is 0 Å². The molecule has 0 unspecified atom stereocenters. The number of fused-ring (bicyclic) bond motifs is 6. The second kappa shape index (κ2) is 12.0. The zero-order valence-electron chi connectivity index (χ0n) is 27.9. The van der Waals surface area contributed by atoms with Gasteiger partial charge in [-0.3, -0.25) is 0 Å². The van der Waals surface area contributed by atoms with Crippen LogP contribution in [0.4, 0.5) is 0 Å². The number of phenolic OH excluding ortho intramolecular Hbond substituents is 1. The van der Waals surface area contributed by atoms with Gasteiger partial charge in [-0.1, -0.05) is 146 Å². The fourth-order valence-corrected chi connectivity index (χ4v) is 7.35. The lowest BCUT2D eigenvalue weighted by Gasteiger charge is -2.16. The Morgan fingerprint density at radius 1 is 0.385 bits per heavy atom. The lowest BCUT2D eigenvalue weighted by atomic mass is 9.92. The molecule has 244 valence electrons. The van der Waals surface area contributed by atoms with Gasteiger partial charge in [0.05, 0.1) is 0 Å². The molecule has 0 aliphatic carbocycles. The molecule has 0 bridgehead atoms. The Kier molecular flexibility index (Phi) is 6.89. The number of furan rings is 1. The molecule has 10 rings (SSSR count). The van der Waals surface area contributed by atoms with E-state index in [0.717, 1.165) is 49.6 Å². The van der Waals surface area contributed by atoms with Gasteiger partial charge in [0.25, 0.3) is 0 Å². The third-order valence-electron chi connectivity index (χ3n) is 9.85. The van der Waals surface area contributed by atoms with Crippen molar-refractivity contribution in [2.24, 2.45) is 0 Å². The molecular weight excluding hydrogens is 639 g/mol. The molecule has 2 aromatic heterocycles. The van der Waals surface area contributed by atoms with Gasteiger partial charge in [-0.25, -0.2) is 15.0 Å². The Balaban J connectivity index is 1.20. The van der Waals surface area contributed by atoms with E-state index < -0.39 is 0 Å². The summed E-state index contributed by atoms with van der Waals surface area (Å²) >= 11 is 0. The first kappa shape index (κ1) is 29.8. The van der Waals surface area contributed by atoms with E-state index in [2.05, 4.69) is 66.7 Å². The summed E-state index contributed by atoms with van der Waals surface area (Å²) in [5, 5.41) is 19.0. The molecule has 5 heteroatoms. The quantitative estimate of drug-likeness (QED) is 0.185. The van der Waals surface area contributed by atoms with Crippen LogP contribution in [0, 0.1) is 0 Å². The Hall–Kier alpha value is -7.11. The summed E-state index contributed by atoms with van der Waals surface area (Å²) in [5.41, 5.74) is 6.91. The van der Waals surface area contributed by atoms with Crippen molar-refractivity contribution in [1.29, 1.82) is 0 Å². The van der Waals surface area contributed by atoms with Crippen molar-refractivity contribution in [3.05, 3.63) is 170 Å². The van der Waals surface area contributed by atoms with Crippen LogP contribution >= 0.6 is 0 Å². The Bertz CT molecular complexity index is 2970. The van der Waals surface area contributed by atoms with Crippen LogP contribution in [0.3, 0.4) is 0 Å². The SMILES string of the molecule is Oc1c(-c2cccc3c2oc2ccccc23)ccc(-c2nc(-c3ccccc3)nc(-c3ccc4c(ccc5ccccc54)c3)n2)c1-c1ccccc1. The lowest BCUT2D eigenvalue weighted by molar-refractivity contribution is 0.479. The number of benzene rings is 8. The minimum atomic E-state index is 0.123. The normalized spacial score (nSPS) is 11.5. The first-order valence-corrected chi connectivity index (χ1v) is 17.3. The maximum Gasteiger partial charge on any atom is 0.164 e. The van der Waals surface area contributed by atoms with Crippen molar-refractivity contribution in [1.82, 2.24) is 15.0 Å². The average molecular weight is 668 g/mol. The smallest absolute Gasteiger partial charge is 0.164 e. The average Bonchev–Trinajstić information content (AvgIpc) is 3.60. The highest BCUT2D eigenvalue weighted by atomic mass is 16.3. The molecule has 0 spiro atoms. The molecule has 0 radical (unpaired) electrons. The first-order chi connectivity index (χ1) is 25.7. The van der Waals surface area contributed by atoms with Gasteiger partial charge < -0.3 is 9.52 Å². The topological polar surface area (TPSA) is 72.0 Å². The molecule has 1 N–H and O–H groups in total. The van der Waals surface area contributed by atoms with Gasteiger partial charge in [0, 0.05) is 44.2 Å². The molecule has 10 aromatic rings. The predicted molar refractivity (Wildman–Crippen MR) is 211 cm³/mol. The van der Waals surface area contributed by atoms with Crippen LogP contribution in [0.5, 0.6) is 5.75 Å². The van der Waals surface area contributed by atoms with Crippen LogP contribution in [0.25, 0.3) is 99.9 Å². The highest BCUT2D eigenvalue weighted by molar-refractivity contribution is 6.11. The van der Waals surface area contributed by atoms with E-state index in [4.69, 9.17) is 19.4 Å².